The number of anilines is 1. The molecule has 8 heteroatoms. The molecule has 2 rings (SSSR count). The van der Waals surface area contributed by atoms with Crippen LogP contribution >= 0.6 is 11.6 Å². The third kappa shape index (κ3) is 2.94. The van der Waals surface area contributed by atoms with Crippen LogP contribution in [-0.2, 0) is 20.1 Å². The number of nitrogens with zero attached hydrogens (tertiary/aromatic N) is 4. The molecule has 2 aromatic rings. The smallest absolute Gasteiger partial charge is 0.287 e. The maximum absolute atomic E-state index is 11.8. The lowest BCUT2D eigenvalue weighted by Crippen LogP contribution is -2.25. The lowest BCUT2D eigenvalue weighted by Gasteiger charge is -2.09. The molecular weight excluding hydrogens is 270 g/mol. The first-order chi connectivity index (χ1) is 9.13. The summed E-state index contributed by atoms with van der Waals surface area (Å²) in [5.41, 5.74) is 0.989. The molecule has 0 aliphatic rings. The Morgan fingerprint density at radius 2 is 2.26 bits per heavy atom. The van der Waals surface area contributed by atoms with Crippen LogP contribution in [0.25, 0.3) is 0 Å². The van der Waals surface area contributed by atoms with Crippen molar-refractivity contribution in [1.29, 1.82) is 0 Å². The first kappa shape index (κ1) is 13.6. The van der Waals surface area contributed by atoms with E-state index >= 15 is 0 Å². The van der Waals surface area contributed by atoms with Crippen molar-refractivity contribution in [2.45, 2.75) is 13.1 Å². The largest absolute Gasteiger partial charge is 0.394 e. The number of aryl methyl sites for hydroxylation is 1. The van der Waals surface area contributed by atoms with E-state index in [9.17, 15) is 4.79 Å². The zero-order valence-corrected chi connectivity index (χ0v) is 11.1. The van der Waals surface area contributed by atoms with Crippen molar-refractivity contribution in [2.75, 3.05) is 11.9 Å². The summed E-state index contributed by atoms with van der Waals surface area (Å²) in [7, 11) is 1.83. The molecule has 2 aromatic heterocycles. The predicted molar refractivity (Wildman–Crippen MR) is 71.1 cm³/mol. The van der Waals surface area contributed by atoms with Crippen molar-refractivity contribution in [2.24, 2.45) is 7.05 Å². The van der Waals surface area contributed by atoms with Crippen LogP contribution in [-0.4, -0.2) is 31.3 Å². The van der Waals surface area contributed by atoms with Crippen LogP contribution < -0.4 is 10.9 Å². The van der Waals surface area contributed by atoms with Gasteiger partial charge in [0.2, 0.25) is 0 Å². The maximum atomic E-state index is 11.8. The van der Waals surface area contributed by atoms with E-state index in [2.05, 4.69) is 15.5 Å². The van der Waals surface area contributed by atoms with Crippen molar-refractivity contribution in [1.82, 2.24) is 19.6 Å². The first-order valence-electron chi connectivity index (χ1n) is 5.70. The monoisotopic (exact) mass is 283 g/mol. The quantitative estimate of drug-likeness (QED) is 0.821. The summed E-state index contributed by atoms with van der Waals surface area (Å²) in [6, 6.07) is 1.86. The van der Waals surface area contributed by atoms with Gasteiger partial charge in [0.1, 0.15) is 5.02 Å². The van der Waals surface area contributed by atoms with Crippen LogP contribution in [0.4, 0.5) is 5.69 Å². The molecule has 19 heavy (non-hydrogen) atoms. The second-order valence-corrected chi connectivity index (χ2v) is 4.30. The van der Waals surface area contributed by atoms with Gasteiger partial charge in [-0.25, -0.2) is 4.68 Å². The number of aliphatic hydroxyl groups excluding tert-OH is 1. The van der Waals surface area contributed by atoms with Crippen molar-refractivity contribution >= 4 is 17.3 Å². The summed E-state index contributed by atoms with van der Waals surface area (Å²) in [6.45, 7) is 0.451. The SMILES string of the molecule is Cn1nccc1CNc1cnn(CCO)c(=O)c1Cl. The minimum atomic E-state index is -0.425. The second-order valence-electron chi connectivity index (χ2n) is 3.92. The highest BCUT2D eigenvalue weighted by Crippen LogP contribution is 2.16. The minimum absolute atomic E-state index is 0.0608. The highest BCUT2D eigenvalue weighted by molar-refractivity contribution is 6.32. The van der Waals surface area contributed by atoms with Gasteiger partial charge in [0.25, 0.3) is 5.56 Å². The van der Waals surface area contributed by atoms with Gasteiger partial charge in [-0.3, -0.25) is 9.48 Å². The number of hydrogen-bond acceptors (Lipinski definition) is 5. The van der Waals surface area contributed by atoms with Gasteiger partial charge in [0.15, 0.2) is 0 Å². The maximum Gasteiger partial charge on any atom is 0.287 e. The lowest BCUT2D eigenvalue weighted by molar-refractivity contribution is 0.266. The Bertz CT molecular complexity index is 622. The van der Waals surface area contributed by atoms with Gasteiger partial charge in [-0.1, -0.05) is 11.6 Å². The van der Waals surface area contributed by atoms with Crippen molar-refractivity contribution < 1.29 is 5.11 Å². The molecule has 0 radical (unpaired) electrons. The Kier molecular flexibility index (Phi) is 4.18. The number of hydrogen-bond donors (Lipinski definition) is 2. The highest BCUT2D eigenvalue weighted by Gasteiger charge is 2.09. The molecule has 2 N–H and O–H groups in total. The molecule has 0 aromatic carbocycles. The number of aliphatic hydroxyl groups is 1. The van der Waals surface area contributed by atoms with Crippen molar-refractivity contribution in [3.63, 3.8) is 0 Å². The van der Waals surface area contributed by atoms with E-state index in [-0.39, 0.29) is 18.2 Å². The van der Waals surface area contributed by atoms with E-state index in [0.29, 0.717) is 12.2 Å². The van der Waals surface area contributed by atoms with Gasteiger partial charge in [0, 0.05) is 13.2 Å². The van der Waals surface area contributed by atoms with Gasteiger partial charge in [-0.2, -0.15) is 10.2 Å². The standard InChI is InChI=1S/C11H14ClN5O2/c1-16-8(2-3-14-16)6-13-9-7-15-17(4-5-18)11(19)10(9)12/h2-3,7,13,18H,4-6H2,1H3. The Labute approximate surface area is 114 Å². The summed E-state index contributed by atoms with van der Waals surface area (Å²) >= 11 is 5.97. The molecule has 2 heterocycles. The van der Waals surface area contributed by atoms with E-state index in [1.807, 2.05) is 13.1 Å². The third-order valence-electron chi connectivity index (χ3n) is 2.68. The van der Waals surface area contributed by atoms with Crippen LogP contribution in [0.2, 0.25) is 5.02 Å². The Balaban J connectivity index is 2.16. The summed E-state index contributed by atoms with van der Waals surface area (Å²) in [6.07, 6.45) is 3.16. The molecule has 0 aliphatic carbocycles. The lowest BCUT2D eigenvalue weighted by atomic mass is 10.4. The highest BCUT2D eigenvalue weighted by atomic mass is 35.5. The fraction of sp³-hybridized carbons (Fsp3) is 0.364. The van der Waals surface area contributed by atoms with Crippen LogP contribution in [0.5, 0.6) is 0 Å². The average molecular weight is 284 g/mol. The van der Waals surface area contributed by atoms with E-state index < -0.39 is 5.56 Å². The van der Waals surface area contributed by atoms with E-state index in [1.54, 1.807) is 10.9 Å². The molecule has 0 saturated carbocycles. The van der Waals surface area contributed by atoms with Crippen LogP contribution in [0.3, 0.4) is 0 Å². The number of aromatic nitrogens is 4. The zero-order valence-electron chi connectivity index (χ0n) is 10.4. The van der Waals surface area contributed by atoms with E-state index in [0.717, 1.165) is 10.4 Å². The summed E-state index contributed by atoms with van der Waals surface area (Å²) in [4.78, 5) is 11.8. The molecule has 0 atom stereocenters. The fourth-order valence-corrected chi connectivity index (χ4v) is 1.82. The number of halogens is 1. The zero-order chi connectivity index (χ0) is 13.8. The number of rotatable bonds is 5. The molecule has 0 amide bonds. The van der Waals surface area contributed by atoms with Gasteiger partial charge >= 0.3 is 0 Å². The molecule has 7 nitrogen and oxygen atoms in total. The molecule has 0 fully saturated rings. The van der Waals surface area contributed by atoms with Crippen LogP contribution in [0.1, 0.15) is 5.69 Å². The van der Waals surface area contributed by atoms with Crippen molar-refractivity contribution in [3.8, 4) is 0 Å². The molecule has 0 bridgehead atoms. The topological polar surface area (TPSA) is 85.0 Å². The van der Waals surface area contributed by atoms with Crippen LogP contribution in [0, 0.1) is 0 Å². The van der Waals surface area contributed by atoms with Gasteiger partial charge in [-0.05, 0) is 6.07 Å². The Morgan fingerprint density at radius 1 is 1.47 bits per heavy atom. The van der Waals surface area contributed by atoms with Gasteiger partial charge in [-0.15, -0.1) is 0 Å². The normalized spacial score (nSPS) is 10.7. The average Bonchev–Trinajstić information content (AvgIpc) is 2.80. The molecule has 0 spiro atoms. The summed E-state index contributed by atoms with van der Waals surface area (Å²) in [5, 5.41) is 19.9. The molecule has 102 valence electrons. The third-order valence-corrected chi connectivity index (χ3v) is 3.04. The molecule has 0 aliphatic heterocycles. The summed E-state index contributed by atoms with van der Waals surface area (Å²) in [5.74, 6) is 0. The Hall–Kier alpha value is -1.86. The minimum Gasteiger partial charge on any atom is -0.394 e. The van der Waals surface area contributed by atoms with Crippen LogP contribution in [0.15, 0.2) is 23.3 Å². The molecule has 0 saturated heterocycles. The predicted octanol–water partition coefficient (Wildman–Crippen LogP) is 0.235. The first-order valence-corrected chi connectivity index (χ1v) is 6.08. The summed E-state index contributed by atoms with van der Waals surface area (Å²) < 4.78 is 2.85. The van der Waals surface area contributed by atoms with Gasteiger partial charge < -0.3 is 10.4 Å². The fourth-order valence-electron chi connectivity index (χ4n) is 1.60. The number of nitrogens with one attached hydrogen (secondary N) is 1. The second kappa shape index (κ2) is 5.85. The Morgan fingerprint density at radius 3 is 2.89 bits per heavy atom. The molecule has 0 unspecified atom stereocenters. The van der Waals surface area contributed by atoms with Crippen molar-refractivity contribution in [3.05, 3.63) is 39.5 Å². The van der Waals surface area contributed by atoms with Gasteiger partial charge in [0.05, 0.1) is 37.3 Å². The van der Waals surface area contributed by atoms with E-state index in [4.69, 9.17) is 16.7 Å². The van der Waals surface area contributed by atoms with E-state index in [1.165, 1.54) is 6.20 Å². The molecular formula is C11H14ClN5O2.